The molecule has 31 heavy (non-hydrogen) atoms. The van der Waals surface area contributed by atoms with Gasteiger partial charge in [0.25, 0.3) is 0 Å². The Morgan fingerprint density at radius 3 is 2.77 bits per heavy atom. The lowest BCUT2D eigenvalue weighted by molar-refractivity contribution is 1.09. The van der Waals surface area contributed by atoms with E-state index in [1.807, 2.05) is 24.4 Å². The molecule has 0 fully saturated rings. The van der Waals surface area contributed by atoms with Crippen molar-refractivity contribution in [3.05, 3.63) is 72.2 Å². The molecule has 0 spiro atoms. The number of H-pyrrole nitrogens is 2. The highest BCUT2D eigenvalue weighted by Crippen LogP contribution is 2.33. The molecule has 5 aromatic rings. The highest BCUT2D eigenvalue weighted by atomic mass is 32.2. The molecule has 0 aromatic carbocycles. The molecular formula is C23H17N7S. The first-order valence-corrected chi connectivity index (χ1v) is 11.4. The fourth-order valence-electron chi connectivity index (χ4n) is 3.77. The van der Waals surface area contributed by atoms with E-state index in [1.54, 1.807) is 18.6 Å². The second kappa shape index (κ2) is 7.10. The molecule has 0 bridgehead atoms. The Morgan fingerprint density at radius 2 is 1.90 bits per heavy atom. The molecule has 0 radical (unpaired) electrons. The molecule has 6 heterocycles. The zero-order valence-electron chi connectivity index (χ0n) is 16.4. The minimum absolute atomic E-state index is 0.00837. The number of aromatic nitrogens is 7. The Balaban J connectivity index is 1.50. The number of allylic oxidation sites excluding steroid dienone is 2. The van der Waals surface area contributed by atoms with Gasteiger partial charge in [-0.25, -0.2) is 15.0 Å². The van der Waals surface area contributed by atoms with Gasteiger partial charge in [0, 0.05) is 41.7 Å². The molecule has 0 aliphatic carbocycles. The topological polar surface area (TPSA) is 96.0 Å². The summed E-state index contributed by atoms with van der Waals surface area (Å²) in [7, 11) is -0.00837. The minimum atomic E-state index is -0.00837. The van der Waals surface area contributed by atoms with E-state index in [-0.39, 0.29) is 10.5 Å². The zero-order chi connectivity index (χ0) is 20.8. The lowest BCUT2D eigenvalue weighted by Crippen LogP contribution is -1.90. The first-order chi connectivity index (χ1) is 15.3. The molecule has 2 N–H and O–H groups in total. The number of imidazole rings is 1. The van der Waals surface area contributed by atoms with Crippen LogP contribution in [0.2, 0.25) is 0 Å². The molecule has 150 valence electrons. The summed E-state index contributed by atoms with van der Waals surface area (Å²) in [6.07, 6.45) is 11.5. The fraction of sp³-hybridized carbons (Fsp3) is 0.0435. The fourth-order valence-corrected chi connectivity index (χ4v) is 4.78. The third-order valence-corrected chi connectivity index (χ3v) is 6.47. The molecule has 1 unspecified atom stereocenters. The van der Waals surface area contributed by atoms with Crippen molar-refractivity contribution in [2.24, 2.45) is 0 Å². The summed E-state index contributed by atoms with van der Waals surface area (Å²) in [6.45, 7) is 0. The lowest BCUT2D eigenvalue weighted by atomic mass is 10.1. The molecule has 0 saturated carbocycles. The van der Waals surface area contributed by atoms with Gasteiger partial charge in [0.2, 0.25) is 0 Å². The number of rotatable bonds is 3. The monoisotopic (exact) mass is 423 g/mol. The molecule has 7 nitrogen and oxygen atoms in total. The van der Waals surface area contributed by atoms with Crippen molar-refractivity contribution < 1.29 is 0 Å². The summed E-state index contributed by atoms with van der Waals surface area (Å²) in [5.74, 6) is 5.87. The number of aromatic amines is 2. The summed E-state index contributed by atoms with van der Waals surface area (Å²) in [4.78, 5) is 21.3. The van der Waals surface area contributed by atoms with Crippen molar-refractivity contribution in [1.82, 2.24) is 35.1 Å². The molecule has 5 aromatic heterocycles. The number of hydrogen-bond donors (Lipinski definition) is 2. The molecular weight excluding hydrogens is 406 g/mol. The highest BCUT2D eigenvalue weighted by molar-refractivity contribution is 8.17. The molecule has 1 atom stereocenters. The van der Waals surface area contributed by atoms with Crippen LogP contribution in [0.25, 0.3) is 50.4 Å². The SMILES string of the molecule is C=S1C=C(c2ccnc3nc(-c4[nH]nc5ncc(-c6ccncc6)cc45)[nH]c23)C=CC1. The van der Waals surface area contributed by atoms with Crippen LogP contribution in [-0.4, -0.2) is 46.7 Å². The van der Waals surface area contributed by atoms with Crippen LogP contribution >= 0.6 is 10.5 Å². The van der Waals surface area contributed by atoms with Crippen molar-refractivity contribution in [2.45, 2.75) is 0 Å². The Morgan fingerprint density at radius 1 is 1.00 bits per heavy atom. The smallest absolute Gasteiger partial charge is 0.181 e. The largest absolute Gasteiger partial charge is 0.335 e. The van der Waals surface area contributed by atoms with Crippen LogP contribution in [0.4, 0.5) is 0 Å². The predicted octanol–water partition coefficient (Wildman–Crippen LogP) is 4.57. The third-order valence-electron chi connectivity index (χ3n) is 5.26. The van der Waals surface area contributed by atoms with Crippen LogP contribution in [0.15, 0.2) is 66.6 Å². The average Bonchev–Trinajstić information content (AvgIpc) is 3.43. The van der Waals surface area contributed by atoms with Crippen LogP contribution in [0.1, 0.15) is 5.56 Å². The number of nitrogens with zero attached hydrogens (tertiary/aromatic N) is 5. The van der Waals surface area contributed by atoms with E-state index in [0.717, 1.165) is 44.6 Å². The Hall–Kier alpha value is -3.91. The number of nitrogens with one attached hydrogen (secondary N) is 2. The predicted molar refractivity (Wildman–Crippen MR) is 127 cm³/mol. The minimum Gasteiger partial charge on any atom is -0.335 e. The second-order valence-corrected chi connectivity index (χ2v) is 8.90. The Labute approximate surface area is 179 Å². The summed E-state index contributed by atoms with van der Waals surface area (Å²) in [5, 5.41) is 10.6. The summed E-state index contributed by atoms with van der Waals surface area (Å²) >= 11 is 0. The molecule has 1 aliphatic heterocycles. The van der Waals surface area contributed by atoms with Crippen LogP contribution in [0.3, 0.4) is 0 Å². The van der Waals surface area contributed by atoms with Gasteiger partial charge in [-0.3, -0.25) is 10.1 Å². The van der Waals surface area contributed by atoms with E-state index in [9.17, 15) is 0 Å². The Bertz CT molecular complexity index is 1530. The summed E-state index contributed by atoms with van der Waals surface area (Å²) < 4.78 is 0. The molecule has 8 heteroatoms. The zero-order valence-corrected chi connectivity index (χ0v) is 17.2. The summed E-state index contributed by atoms with van der Waals surface area (Å²) in [5.41, 5.74) is 7.24. The number of hydrogen-bond acceptors (Lipinski definition) is 5. The van der Waals surface area contributed by atoms with Gasteiger partial charge < -0.3 is 4.98 Å². The lowest BCUT2D eigenvalue weighted by Gasteiger charge is -2.10. The second-order valence-electron chi connectivity index (χ2n) is 7.25. The van der Waals surface area contributed by atoms with Gasteiger partial charge in [-0.05, 0) is 40.8 Å². The maximum absolute atomic E-state index is 4.74. The first-order valence-electron chi connectivity index (χ1n) is 9.74. The quantitative estimate of drug-likeness (QED) is 0.415. The van der Waals surface area contributed by atoms with Crippen molar-refractivity contribution >= 4 is 44.1 Å². The van der Waals surface area contributed by atoms with Crippen LogP contribution in [-0.2, 0) is 0 Å². The van der Waals surface area contributed by atoms with Crippen molar-refractivity contribution in [3.63, 3.8) is 0 Å². The van der Waals surface area contributed by atoms with Crippen molar-refractivity contribution in [2.75, 3.05) is 5.75 Å². The average molecular weight is 424 g/mol. The van der Waals surface area contributed by atoms with Gasteiger partial charge in [0.15, 0.2) is 17.1 Å². The van der Waals surface area contributed by atoms with Crippen LogP contribution in [0, 0.1) is 0 Å². The molecule has 6 rings (SSSR count). The van der Waals surface area contributed by atoms with Gasteiger partial charge in [-0.2, -0.15) is 15.6 Å². The van der Waals surface area contributed by atoms with E-state index < -0.39 is 0 Å². The maximum Gasteiger partial charge on any atom is 0.181 e. The first kappa shape index (κ1) is 17.9. The van der Waals surface area contributed by atoms with E-state index >= 15 is 0 Å². The third kappa shape index (κ3) is 3.08. The Kier molecular flexibility index (Phi) is 4.10. The maximum atomic E-state index is 4.74. The van der Waals surface area contributed by atoms with E-state index in [4.69, 9.17) is 4.98 Å². The van der Waals surface area contributed by atoms with Crippen LogP contribution in [0.5, 0.6) is 0 Å². The van der Waals surface area contributed by atoms with Gasteiger partial charge in [-0.1, -0.05) is 18.0 Å². The van der Waals surface area contributed by atoms with Crippen molar-refractivity contribution in [1.29, 1.82) is 0 Å². The van der Waals surface area contributed by atoms with Gasteiger partial charge >= 0.3 is 0 Å². The van der Waals surface area contributed by atoms with E-state index in [2.05, 4.69) is 59.6 Å². The van der Waals surface area contributed by atoms with Gasteiger partial charge in [0.1, 0.15) is 5.69 Å². The number of pyridine rings is 3. The van der Waals surface area contributed by atoms with Gasteiger partial charge in [0.05, 0.1) is 10.9 Å². The van der Waals surface area contributed by atoms with E-state index in [1.165, 1.54) is 0 Å². The van der Waals surface area contributed by atoms with E-state index in [0.29, 0.717) is 17.1 Å². The molecule has 0 amide bonds. The van der Waals surface area contributed by atoms with Crippen molar-refractivity contribution in [3.8, 4) is 22.6 Å². The molecule has 0 saturated heterocycles. The standard InChI is InChI=1S/C23H17N7S/c1-31-10-2-3-15(13-31)17-6-9-25-22-19(17)27-23(28-22)20-18-11-16(12-26-21(18)30-29-20)14-4-7-24-8-5-14/h2-9,11-13H,1,10H2,(H,25,27,28)(H,26,29,30). The normalized spacial score (nSPS) is 16.1. The van der Waals surface area contributed by atoms with Gasteiger partial charge in [-0.15, -0.1) is 0 Å². The summed E-state index contributed by atoms with van der Waals surface area (Å²) in [6, 6.07) is 8.00. The molecule has 1 aliphatic rings. The number of fused-ring (bicyclic) bond motifs is 2. The highest BCUT2D eigenvalue weighted by Gasteiger charge is 2.17. The van der Waals surface area contributed by atoms with Crippen LogP contribution < -0.4 is 0 Å².